The van der Waals surface area contributed by atoms with E-state index in [-0.39, 0.29) is 0 Å². The van der Waals surface area contributed by atoms with Crippen molar-refractivity contribution in [2.24, 2.45) is 5.41 Å². The number of allylic oxidation sites excluding steroid dienone is 1. The second-order valence-electron chi connectivity index (χ2n) is 8.33. The molecule has 0 unspecified atom stereocenters. The molecule has 4 heteroatoms. The predicted octanol–water partition coefficient (Wildman–Crippen LogP) is 5.51. The van der Waals surface area contributed by atoms with Crippen molar-refractivity contribution in [3.8, 4) is 5.75 Å². The van der Waals surface area contributed by atoms with Crippen LogP contribution in [0.3, 0.4) is 0 Å². The summed E-state index contributed by atoms with van der Waals surface area (Å²) in [7, 11) is 0. The number of ether oxygens (including phenoxy) is 1. The summed E-state index contributed by atoms with van der Waals surface area (Å²) in [4.78, 5) is 11.9. The monoisotopic (exact) mass is 375 g/mol. The van der Waals surface area contributed by atoms with E-state index in [1.54, 1.807) is 0 Å². The van der Waals surface area contributed by atoms with Crippen LogP contribution in [0, 0.1) is 5.41 Å². The third-order valence-electron chi connectivity index (χ3n) is 5.28. The average molecular weight is 375 g/mol. The first-order chi connectivity index (χ1) is 13.3. The predicted molar refractivity (Wildman–Crippen MR) is 111 cm³/mol. The summed E-state index contributed by atoms with van der Waals surface area (Å²) in [5, 5.41) is 10.9. The van der Waals surface area contributed by atoms with Crippen LogP contribution >= 0.6 is 0 Å². The van der Waals surface area contributed by atoms with Gasteiger partial charge in [0, 0.05) is 28.7 Å². The lowest BCUT2D eigenvalue weighted by Gasteiger charge is -2.21. The first-order valence-corrected chi connectivity index (χ1v) is 9.62. The molecule has 4 nitrogen and oxygen atoms in total. The number of aryl methyl sites for hydroxylation is 1. The van der Waals surface area contributed by atoms with Gasteiger partial charge in [0.05, 0.1) is 0 Å². The van der Waals surface area contributed by atoms with Gasteiger partial charge >= 0.3 is 5.97 Å². The molecule has 2 heterocycles. The molecule has 0 spiro atoms. The number of benzene rings is 2. The Balaban J connectivity index is 1.70. The second kappa shape index (κ2) is 6.86. The van der Waals surface area contributed by atoms with Crippen LogP contribution in [0.5, 0.6) is 5.75 Å². The second-order valence-corrected chi connectivity index (χ2v) is 8.33. The third-order valence-corrected chi connectivity index (χ3v) is 5.28. The van der Waals surface area contributed by atoms with Crippen LogP contribution in [-0.4, -0.2) is 15.6 Å². The number of hydrogen-bond donors (Lipinski definition) is 1. The van der Waals surface area contributed by atoms with Crippen molar-refractivity contribution >= 4 is 22.4 Å². The molecule has 0 saturated heterocycles. The quantitative estimate of drug-likeness (QED) is 0.612. The molecule has 0 radical (unpaired) electrons. The van der Waals surface area contributed by atoms with Gasteiger partial charge in [0.2, 0.25) is 0 Å². The Morgan fingerprint density at radius 2 is 1.86 bits per heavy atom. The van der Waals surface area contributed by atoms with Crippen molar-refractivity contribution in [3.63, 3.8) is 0 Å². The van der Waals surface area contributed by atoms with E-state index < -0.39 is 11.4 Å². The van der Waals surface area contributed by atoms with Crippen molar-refractivity contribution in [1.82, 2.24) is 4.57 Å². The molecule has 3 aromatic rings. The van der Waals surface area contributed by atoms with Gasteiger partial charge in [0.15, 0.2) is 0 Å². The lowest BCUT2D eigenvalue weighted by atomic mass is 9.82. The minimum absolute atomic E-state index is 0.406. The van der Waals surface area contributed by atoms with Gasteiger partial charge in [-0.25, -0.2) is 4.79 Å². The normalized spacial score (nSPS) is 15.5. The van der Waals surface area contributed by atoms with Gasteiger partial charge in [-0.05, 0) is 47.2 Å². The summed E-state index contributed by atoms with van der Waals surface area (Å²) in [6.45, 7) is 7.22. The number of aliphatic carboxylic acids is 1. The SMILES string of the molecule is CC(C)(C)/C(C(=O)O)=C1\CCn2c1cc1cc(OCc3ccccc3)ccc12. The van der Waals surface area contributed by atoms with Crippen molar-refractivity contribution in [2.45, 2.75) is 40.3 Å². The van der Waals surface area contributed by atoms with E-state index in [4.69, 9.17) is 4.74 Å². The lowest BCUT2D eigenvalue weighted by molar-refractivity contribution is -0.133. The molecule has 0 amide bonds. The Bertz CT molecular complexity index is 1070. The topological polar surface area (TPSA) is 51.5 Å². The molecule has 1 aliphatic rings. The van der Waals surface area contributed by atoms with Gasteiger partial charge < -0.3 is 14.4 Å². The van der Waals surface area contributed by atoms with Crippen LogP contribution in [0.15, 0.2) is 60.2 Å². The van der Waals surface area contributed by atoms with E-state index in [0.29, 0.717) is 12.2 Å². The number of nitrogens with zero attached hydrogens (tertiary/aromatic N) is 1. The van der Waals surface area contributed by atoms with Gasteiger partial charge in [-0.3, -0.25) is 0 Å². The lowest BCUT2D eigenvalue weighted by Crippen LogP contribution is -2.19. The van der Waals surface area contributed by atoms with Gasteiger partial charge in [-0.15, -0.1) is 0 Å². The van der Waals surface area contributed by atoms with E-state index in [1.807, 2.05) is 63.2 Å². The number of carboxylic acids is 1. The molecule has 0 saturated carbocycles. The highest BCUT2D eigenvalue weighted by Gasteiger charge is 2.32. The highest BCUT2D eigenvalue weighted by atomic mass is 16.5. The molecule has 1 N–H and O–H groups in total. The maximum atomic E-state index is 11.9. The fourth-order valence-corrected chi connectivity index (χ4v) is 4.08. The van der Waals surface area contributed by atoms with E-state index in [2.05, 4.69) is 16.7 Å². The van der Waals surface area contributed by atoms with Crippen LogP contribution in [0.1, 0.15) is 38.4 Å². The maximum Gasteiger partial charge on any atom is 0.332 e. The number of hydrogen-bond acceptors (Lipinski definition) is 2. The first kappa shape index (κ1) is 18.4. The molecule has 0 atom stereocenters. The summed E-state index contributed by atoms with van der Waals surface area (Å²) < 4.78 is 8.17. The van der Waals surface area contributed by atoms with Crippen molar-refractivity contribution < 1.29 is 14.6 Å². The van der Waals surface area contributed by atoms with E-state index in [1.165, 1.54) is 0 Å². The molecule has 1 aromatic heterocycles. The molecule has 0 fully saturated rings. The number of carbonyl (C=O) groups is 1. The number of carboxylic acid groups (broad SMARTS) is 1. The van der Waals surface area contributed by atoms with Crippen LogP contribution in [-0.2, 0) is 17.9 Å². The van der Waals surface area contributed by atoms with Crippen LogP contribution in [0.25, 0.3) is 16.5 Å². The molecular formula is C24H25NO3. The van der Waals surface area contributed by atoms with Crippen LogP contribution in [0.2, 0.25) is 0 Å². The van der Waals surface area contributed by atoms with Crippen molar-refractivity contribution in [1.29, 1.82) is 0 Å². The summed E-state index contributed by atoms with van der Waals surface area (Å²) in [5.41, 5.74) is 4.32. The Kier molecular flexibility index (Phi) is 4.50. The zero-order valence-corrected chi connectivity index (χ0v) is 16.5. The van der Waals surface area contributed by atoms with Crippen molar-refractivity contribution in [2.75, 3.05) is 0 Å². The Labute approximate surface area is 165 Å². The maximum absolute atomic E-state index is 11.9. The zero-order chi connectivity index (χ0) is 19.9. The van der Waals surface area contributed by atoms with E-state index >= 15 is 0 Å². The van der Waals surface area contributed by atoms with Gasteiger partial charge in [0.25, 0.3) is 0 Å². The fraction of sp³-hybridized carbons (Fsp3) is 0.292. The summed E-state index contributed by atoms with van der Waals surface area (Å²) in [6.07, 6.45) is 0.760. The molecule has 2 aromatic carbocycles. The summed E-state index contributed by atoms with van der Waals surface area (Å²) >= 11 is 0. The fourth-order valence-electron chi connectivity index (χ4n) is 4.08. The van der Waals surface area contributed by atoms with Gasteiger partial charge in [0.1, 0.15) is 12.4 Å². The smallest absolute Gasteiger partial charge is 0.332 e. The molecule has 1 aliphatic heterocycles. The molecule has 0 aliphatic carbocycles. The summed E-state index contributed by atoms with van der Waals surface area (Å²) in [5.74, 6) is -0.00600. The number of fused-ring (bicyclic) bond motifs is 3. The minimum Gasteiger partial charge on any atom is -0.489 e. The highest BCUT2D eigenvalue weighted by Crippen LogP contribution is 2.41. The van der Waals surface area contributed by atoms with Gasteiger partial charge in [-0.1, -0.05) is 51.1 Å². The highest BCUT2D eigenvalue weighted by molar-refractivity contribution is 6.00. The molecule has 144 valence electrons. The largest absolute Gasteiger partial charge is 0.489 e. The van der Waals surface area contributed by atoms with Crippen LogP contribution in [0.4, 0.5) is 0 Å². The Hall–Kier alpha value is -3.01. The van der Waals surface area contributed by atoms with Gasteiger partial charge in [-0.2, -0.15) is 0 Å². The Morgan fingerprint density at radius 1 is 1.11 bits per heavy atom. The van der Waals surface area contributed by atoms with Crippen molar-refractivity contribution in [3.05, 3.63) is 71.4 Å². The standard InChI is InChI=1S/C24H25NO3/c1-24(2,3)22(23(26)27)19-11-12-25-20-10-9-18(13-17(20)14-21(19)25)28-15-16-7-5-4-6-8-16/h4-10,13-14H,11-12,15H2,1-3H3,(H,26,27)/b22-19+. The first-order valence-electron chi connectivity index (χ1n) is 9.62. The number of rotatable bonds is 4. The summed E-state index contributed by atoms with van der Waals surface area (Å²) in [6, 6.07) is 18.3. The minimum atomic E-state index is -0.826. The average Bonchev–Trinajstić information content (AvgIpc) is 3.19. The zero-order valence-electron chi connectivity index (χ0n) is 16.5. The molecule has 4 rings (SSSR count). The molecule has 28 heavy (non-hydrogen) atoms. The van der Waals surface area contributed by atoms with E-state index in [9.17, 15) is 9.90 Å². The van der Waals surface area contributed by atoms with Crippen LogP contribution < -0.4 is 4.74 Å². The Morgan fingerprint density at radius 3 is 2.54 bits per heavy atom. The molecular weight excluding hydrogens is 350 g/mol. The third kappa shape index (κ3) is 3.31. The van der Waals surface area contributed by atoms with E-state index in [0.717, 1.165) is 46.4 Å². The number of aromatic nitrogens is 1. The molecule has 0 bridgehead atoms.